The number of fused-ring (bicyclic) bond motifs is 1. The summed E-state index contributed by atoms with van der Waals surface area (Å²) in [5, 5.41) is 3.06. The van der Waals surface area contributed by atoms with Crippen LogP contribution in [0.15, 0.2) is 42.6 Å². The first-order valence-electron chi connectivity index (χ1n) is 14.0. The van der Waals surface area contributed by atoms with Gasteiger partial charge in [-0.15, -0.1) is 0 Å². The predicted octanol–water partition coefficient (Wildman–Crippen LogP) is 4.25. The third kappa shape index (κ3) is 5.00. The van der Waals surface area contributed by atoms with Crippen LogP contribution >= 0.6 is 0 Å². The van der Waals surface area contributed by atoms with E-state index < -0.39 is 11.7 Å². The fourth-order valence-electron chi connectivity index (χ4n) is 6.03. The van der Waals surface area contributed by atoms with E-state index in [4.69, 9.17) is 20.2 Å². The summed E-state index contributed by atoms with van der Waals surface area (Å²) in [5.41, 5.74) is 9.72. The summed E-state index contributed by atoms with van der Waals surface area (Å²) >= 11 is 0. The summed E-state index contributed by atoms with van der Waals surface area (Å²) in [5.74, 6) is 0.714. The van der Waals surface area contributed by atoms with Crippen LogP contribution < -0.4 is 20.7 Å². The van der Waals surface area contributed by atoms with E-state index in [0.717, 1.165) is 68.0 Å². The molecule has 0 aliphatic carbocycles. The van der Waals surface area contributed by atoms with Crippen LogP contribution in [0.1, 0.15) is 47.9 Å². The molecule has 3 N–H and O–H groups in total. The van der Waals surface area contributed by atoms with Crippen molar-refractivity contribution in [2.24, 2.45) is 12.8 Å². The van der Waals surface area contributed by atoms with Crippen LogP contribution in [0.3, 0.4) is 0 Å². The second-order valence-electron chi connectivity index (χ2n) is 10.5. The summed E-state index contributed by atoms with van der Waals surface area (Å²) in [6.07, 6.45) is 5.27. The van der Waals surface area contributed by atoms with Gasteiger partial charge in [-0.1, -0.05) is 6.07 Å². The lowest BCUT2D eigenvalue weighted by atomic mass is 9.99. The number of anilines is 2. The molecule has 0 radical (unpaired) electrons. The third-order valence-electron chi connectivity index (χ3n) is 8.14. The normalized spacial score (nSPS) is 17.8. The number of aromatic nitrogens is 4. The number of aryl methyl sites for hydroxylation is 1. The molecule has 2 fully saturated rings. The van der Waals surface area contributed by atoms with E-state index in [1.165, 1.54) is 25.4 Å². The number of hydrogen-bond donors (Lipinski definition) is 2. The van der Waals surface area contributed by atoms with Gasteiger partial charge >= 0.3 is 0 Å². The minimum Gasteiger partial charge on any atom is -0.496 e. The van der Waals surface area contributed by atoms with Crippen LogP contribution in [0.4, 0.5) is 15.8 Å². The van der Waals surface area contributed by atoms with E-state index in [1.54, 1.807) is 12.1 Å². The van der Waals surface area contributed by atoms with Crippen molar-refractivity contribution in [3.8, 4) is 17.1 Å². The van der Waals surface area contributed by atoms with E-state index in [2.05, 4.69) is 24.8 Å². The van der Waals surface area contributed by atoms with E-state index in [-0.39, 0.29) is 28.9 Å². The lowest BCUT2D eigenvalue weighted by molar-refractivity contribution is 0.0831. The fourth-order valence-corrected chi connectivity index (χ4v) is 6.03. The molecule has 1 atom stereocenters. The molecule has 2 aliphatic rings. The van der Waals surface area contributed by atoms with Crippen molar-refractivity contribution >= 4 is 28.3 Å². The zero-order chi connectivity index (χ0) is 28.5. The molecule has 2 aromatic carbocycles. The van der Waals surface area contributed by atoms with Crippen molar-refractivity contribution in [1.29, 1.82) is 0 Å². The topological polar surface area (TPSA) is 120 Å². The number of nitrogens with one attached hydrogen (secondary N) is 1. The molecule has 2 aliphatic heterocycles. The summed E-state index contributed by atoms with van der Waals surface area (Å²) < 4.78 is 27.8. The van der Waals surface area contributed by atoms with E-state index in [1.807, 2.05) is 19.2 Å². The van der Waals surface area contributed by atoms with Crippen molar-refractivity contribution < 1.29 is 18.7 Å². The average molecular weight is 560 g/mol. The first-order chi connectivity index (χ1) is 20.0. The molecule has 0 bridgehead atoms. The molecule has 4 heterocycles. The molecule has 0 saturated carbocycles. The van der Waals surface area contributed by atoms with Gasteiger partial charge in [-0.25, -0.2) is 19.3 Å². The number of imidazole rings is 1. The first kappa shape index (κ1) is 27.1. The Hall–Kier alpha value is -4.09. The molecule has 6 rings (SSSR count). The van der Waals surface area contributed by atoms with Gasteiger partial charge in [-0.3, -0.25) is 4.79 Å². The van der Waals surface area contributed by atoms with Crippen molar-refractivity contribution in [2.75, 3.05) is 43.6 Å². The van der Waals surface area contributed by atoms with Gasteiger partial charge in [-0.05, 0) is 56.0 Å². The minimum atomic E-state index is -0.535. The Morgan fingerprint density at radius 1 is 1.17 bits per heavy atom. The lowest BCUT2D eigenvalue weighted by Gasteiger charge is -2.28. The first-order valence-corrected chi connectivity index (χ1v) is 14.0. The van der Waals surface area contributed by atoms with Gasteiger partial charge in [0, 0.05) is 51.5 Å². The molecule has 0 unspecified atom stereocenters. The molecule has 2 saturated heterocycles. The molecule has 4 aromatic rings. The molecular weight excluding hydrogens is 525 g/mol. The summed E-state index contributed by atoms with van der Waals surface area (Å²) in [4.78, 5) is 29.7. The highest BCUT2D eigenvalue weighted by atomic mass is 19.1. The number of hydrogen-bond acceptors (Lipinski definition) is 8. The molecular formula is C30H34FN7O3. The number of nitrogens with two attached hydrogens (primary N) is 1. The zero-order valence-corrected chi connectivity index (χ0v) is 23.3. The van der Waals surface area contributed by atoms with E-state index in [9.17, 15) is 9.18 Å². The number of ether oxygens (including phenoxy) is 2. The van der Waals surface area contributed by atoms with Gasteiger partial charge < -0.3 is 30.0 Å². The van der Waals surface area contributed by atoms with Crippen molar-refractivity contribution in [1.82, 2.24) is 19.5 Å². The van der Waals surface area contributed by atoms with Crippen LogP contribution in [0.2, 0.25) is 0 Å². The Kier molecular flexibility index (Phi) is 7.55. The fraction of sp³-hybridized carbons (Fsp3) is 0.400. The van der Waals surface area contributed by atoms with Crippen LogP contribution in [-0.4, -0.2) is 64.9 Å². The maximum absolute atomic E-state index is 14.7. The Bertz CT molecular complexity index is 1580. The summed E-state index contributed by atoms with van der Waals surface area (Å²) in [6.45, 7) is 2.77. The number of carbonyl (C=O) groups excluding carboxylic acids is 1. The Balaban J connectivity index is 1.40. The van der Waals surface area contributed by atoms with Crippen LogP contribution in [0.5, 0.6) is 5.75 Å². The highest BCUT2D eigenvalue weighted by Crippen LogP contribution is 2.40. The largest absolute Gasteiger partial charge is 0.496 e. The second-order valence-corrected chi connectivity index (χ2v) is 10.5. The molecule has 2 aromatic heterocycles. The number of benzene rings is 2. The van der Waals surface area contributed by atoms with Gasteiger partial charge in [-0.2, -0.15) is 0 Å². The van der Waals surface area contributed by atoms with Gasteiger partial charge in [0.1, 0.15) is 28.6 Å². The molecule has 11 heteroatoms. The SMILES string of the molecule is COc1cccc(F)c1-c1nccc(C(=O)Nc2ccc3c(nc(C4CCOCC4)n3C)c2N2CCC[C@H]2CN)n1. The number of carbonyl (C=O) groups is 1. The molecule has 0 spiro atoms. The quantitative estimate of drug-likeness (QED) is 0.345. The zero-order valence-electron chi connectivity index (χ0n) is 23.3. The lowest BCUT2D eigenvalue weighted by Crippen LogP contribution is -2.36. The highest BCUT2D eigenvalue weighted by Gasteiger charge is 2.31. The van der Waals surface area contributed by atoms with Crippen LogP contribution in [0.25, 0.3) is 22.4 Å². The van der Waals surface area contributed by atoms with Gasteiger partial charge in [0.25, 0.3) is 5.91 Å². The highest BCUT2D eigenvalue weighted by molar-refractivity contribution is 6.08. The average Bonchev–Trinajstić information content (AvgIpc) is 3.61. The Morgan fingerprint density at radius 3 is 2.78 bits per heavy atom. The van der Waals surface area contributed by atoms with E-state index >= 15 is 0 Å². The van der Waals surface area contributed by atoms with Gasteiger partial charge in [0.05, 0.1) is 29.6 Å². The monoisotopic (exact) mass is 559 g/mol. The van der Waals surface area contributed by atoms with Crippen molar-refractivity contribution in [2.45, 2.75) is 37.6 Å². The minimum absolute atomic E-state index is 0.0665. The summed E-state index contributed by atoms with van der Waals surface area (Å²) in [7, 11) is 3.50. The summed E-state index contributed by atoms with van der Waals surface area (Å²) in [6, 6.07) is 10.0. The Labute approximate surface area is 237 Å². The Morgan fingerprint density at radius 2 is 2.00 bits per heavy atom. The van der Waals surface area contributed by atoms with Gasteiger partial charge in [0.2, 0.25) is 0 Å². The molecule has 10 nitrogen and oxygen atoms in total. The van der Waals surface area contributed by atoms with E-state index in [0.29, 0.717) is 18.2 Å². The predicted molar refractivity (Wildman–Crippen MR) is 155 cm³/mol. The van der Waals surface area contributed by atoms with Crippen molar-refractivity contribution in [3.05, 3.63) is 59.9 Å². The maximum atomic E-state index is 14.7. The standard InChI is InChI=1S/C30H34FN7O3/c1-37-23-9-8-21(35-30(39)22-10-13-33-28(34-22)25-20(31)6-3-7-24(25)40-2)27(38-14-4-5-19(38)17-32)26(23)36-29(37)18-11-15-41-16-12-18/h3,6-10,13,18-19H,4-5,11-12,14-17,32H2,1-2H3,(H,35,39)/t19-/m0/s1. The van der Waals surface area contributed by atoms with Crippen LogP contribution in [-0.2, 0) is 11.8 Å². The number of methoxy groups -OCH3 is 1. The number of rotatable bonds is 7. The molecule has 214 valence electrons. The van der Waals surface area contributed by atoms with Gasteiger partial charge in [0.15, 0.2) is 5.82 Å². The number of halogens is 1. The van der Waals surface area contributed by atoms with Crippen LogP contribution in [0, 0.1) is 5.82 Å². The van der Waals surface area contributed by atoms with Crippen molar-refractivity contribution in [3.63, 3.8) is 0 Å². The molecule has 41 heavy (non-hydrogen) atoms. The maximum Gasteiger partial charge on any atom is 0.274 e. The smallest absolute Gasteiger partial charge is 0.274 e. The number of nitrogens with zero attached hydrogens (tertiary/aromatic N) is 5. The molecule has 1 amide bonds. The third-order valence-corrected chi connectivity index (χ3v) is 8.14. The number of amides is 1. The second kappa shape index (κ2) is 11.4.